The van der Waals surface area contributed by atoms with Gasteiger partial charge in [0.15, 0.2) is 4.34 Å². The number of hydrogen-bond donors (Lipinski definition) is 2. The lowest BCUT2D eigenvalue weighted by atomic mass is 10.2. The molecule has 0 saturated carbocycles. The number of aromatic nitrogens is 1. The van der Waals surface area contributed by atoms with Crippen LogP contribution in [-0.4, -0.2) is 40.6 Å². The quantitative estimate of drug-likeness (QED) is 0.119. The number of halogens is 1. The molecule has 2 N–H and O–H groups in total. The van der Waals surface area contributed by atoms with E-state index < -0.39 is 4.92 Å². The fraction of sp³-hybridized carbons (Fsp3) is 0.125. The molecule has 36 heavy (non-hydrogen) atoms. The maximum absolute atomic E-state index is 12.5. The van der Waals surface area contributed by atoms with Crippen molar-refractivity contribution in [3.05, 3.63) is 87.4 Å². The first-order valence-corrected chi connectivity index (χ1v) is 12.8. The number of thiazole rings is 1. The Hall–Kier alpha value is -3.67. The average molecular weight is 543 g/mol. The molecule has 0 atom stereocenters. The molecule has 1 aromatic heterocycles. The number of carbonyl (C=O) groups is 2. The summed E-state index contributed by atoms with van der Waals surface area (Å²) in [7, 11) is 0. The van der Waals surface area contributed by atoms with Gasteiger partial charge in [-0.05, 0) is 54.6 Å². The molecule has 184 valence electrons. The summed E-state index contributed by atoms with van der Waals surface area (Å²) in [6, 6.07) is 17.7. The summed E-state index contributed by atoms with van der Waals surface area (Å²) in [6.07, 6.45) is 0. The van der Waals surface area contributed by atoms with Crippen molar-refractivity contribution in [1.29, 1.82) is 0 Å². The molecule has 0 fully saturated rings. The summed E-state index contributed by atoms with van der Waals surface area (Å²) in [4.78, 5) is 39.4. The molecule has 0 aliphatic rings. The maximum Gasteiger partial charge on any atom is 0.269 e. The fourth-order valence-electron chi connectivity index (χ4n) is 3.05. The van der Waals surface area contributed by atoms with Crippen LogP contribution in [0.3, 0.4) is 0 Å². The number of ether oxygens (including phenoxy) is 1. The van der Waals surface area contributed by atoms with Crippen molar-refractivity contribution in [2.45, 2.75) is 4.34 Å². The summed E-state index contributed by atoms with van der Waals surface area (Å²) in [5, 5.41) is 17.0. The topological polar surface area (TPSA) is 123 Å². The summed E-state index contributed by atoms with van der Waals surface area (Å²) in [5.74, 6) is 0.390. The van der Waals surface area contributed by atoms with Crippen molar-refractivity contribution in [3.63, 3.8) is 0 Å². The lowest BCUT2D eigenvalue weighted by molar-refractivity contribution is -0.384. The molecule has 0 saturated heterocycles. The van der Waals surface area contributed by atoms with Crippen molar-refractivity contribution in [3.8, 4) is 5.75 Å². The first-order chi connectivity index (χ1) is 17.4. The molecular weight excluding hydrogens is 524 g/mol. The maximum atomic E-state index is 12.5. The standard InChI is InChI=1S/C24H19ClN4O5S2/c25-16-3-8-19(9-4-16)34-12-11-26-22(30)14-35-24-28-20-10-5-17(13-21(20)36-24)27-23(31)15-1-6-18(7-2-15)29(32)33/h1-10,13H,11-12,14H2,(H,26,30)(H,27,31). The second-order valence-corrected chi connectivity index (χ2v) is 10.1. The SMILES string of the molecule is O=C(CSc1nc2ccc(NC(=O)c3ccc([N+](=O)[O-])cc3)cc2s1)NCCOc1ccc(Cl)cc1. The monoisotopic (exact) mass is 542 g/mol. The zero-order valence-electron chi connectivity index (χ0n) is 18.6. The van der Waals surface area contributed by atoms with Gasteiger partial charge in [0.05, 0.1) is 27.4 Å². The largest absolute Gasteiger partial charge is 0.492 e. The van der Waals surface area contributed by atoms with Gasteiger partial charge in [0.2, 0.25) is 5.91 Å². The van der Waals surface area contributed by atoms with Crippen LogP contribution in [0.4, 0.5) is 11.4 Å². The smallest absolute Gasteiger partial charge is 0.269 e. The van der Waals surface area contributed by atoms with Crippen molar-refractivity contribution in [2.75, 3.05) is 24.2 Å². The number of non-ortho nitro benzene ring substituents is 1. The number of benzene rings is 3. The number of thioether (sulfide) groups is 1. The van der Waals surface area contributed by atoms with E-state index >= 15 is 0 Å². The van der Waals surface area contributed by atoms with E-state index in [-0.39, 0.29) is 23.3 Å². The Morgan fingerprint density at radius 3 is 2.56 bits per heavy atom. The average Bonchev–Trinajstić information content (AvgIpc) is 3.29. The Bertz CT molecular complexity index is 1390. The van der Waals surface area contributed by atoms with E-state index in [1.54, 1.807) is 42.5 Å². The molecule has 0 aliphatic carbocycles. The van der Waals surface area contributed by atoms with Crippen molar-refractivity contribution < 1.29 is 19.2 Å². The third-order valence-electron chi connectivity index (χ3n) is 4.80. The van der Waals surface area contributed by atoms with Crippen molar-refractivity contribution >= 4 is 68.1 Å². The number of nitro groups is 1. The second kappa shape index (κ2) is 11.8. The van der Waals surface area contributed by atoms with Gasteiger partial charge in [-0.2, -0.15) is 0 Å². The highest BCUT2D eigenvalue weighted by Crippen LogP contribution is 2.31. The molecule has 0 spiro atoms. The van der Waals surface area contributed by atoms with Crippen LogP contribution in [0.15, 0.2) is 71.1 Å². The van der Waals surface area contributed by atoms with Crippen LogP contribution in [0.1, 0.15) is 10.4 Å². The second-order valence-electron chi connectivity index (χ2n) is 7.36. The number of hydrogen-bond acceptors (Lipinski definition) is 8. The van der Waals surface area contributed by atoms with Gasteiger partial charge in [0, 0.05) is 28.4 Å². The molecule has 0 aliphatic heterocycles. The Morgan fingerprint density at radius 1 is 1.08 bits per heavy atom. The summed E-state index contributed by atoms with van der Waals surface area (Å²) in [6.45, 7) is 0.716. The van der Waals surface area contributed by atoms with Gasteiger partial charge in [0.25, 0.3) is 11.6 Å². The summed E-state index contributed by atoms with van der Waals surface area (Å²) >= 11 is 8.58. The van der Waals surface area contributed by atoms with Crippen LogP contribution in [0, 0.1) is 10.1 Å². The predicted octanol–water partition coefficient (Wildman–Crippen LogP) is 5.40. The molecule has 9 nitrogen and oxygen atoms in total. The van der Waals surface area contributed by atoms with Crippen molar-refractivity contribution in [1.82, 2.24) is 10.3 Å². The molecule has 0 radical (unpaired) electrons. The van der Waals surface area contributed by atoms with Crippen LogP contribution in [-0.2, 0) is 4.79 Å². The highest BCUT2D eigenvalue weighted by Gasteiger charge is 2.12. The third kappa shape index (κ3) is 6.94. The summed E-state index contributed by atoms with van der Waals surface area (Å²) in [5.41, 5.74) is 1.56. The van der Waals surface area contributed by atoms with Gasteiger partial charge in [-0.3, -0.25) is 19.7 Å². The first kappa shape index (κ1) is 25.4. The van der Waals surface area contributed by atoms with Crippen LogP contribution in [0.5, 0.6) is 5.75 Å². The third-order valence-corrected chi connectivity index (χ3v) is 7.21. The van der Waals surface area contributed by atoms with Crippen LogP contribution < -0.4 is 15.4 Å². The van der Waals surface area contributed by atoms with E-state index in [4.69, 9.17) is 16.3 Å². The molecule has 3 aromatic carbocycles. The Kier molecular flexibility index (Phi) is 8.36. The van der Waals surface area contributed by atoms with E-state index in [1.165, 1.54) is 47.4 Å². The van der Waals surface area contributed by atoms with E-state index in [9.17, 15) is 19.7 Å². The van der Waals surface area contributed by atoms with Gasteiger partial charge in [-0.25, -0.2) is 4.98 Å². The van der Waals surface area contributed by atoms with Gasteiger partial charge in [-0.1, -0.05) is 23.4 Å². The molecule has 4 aromatic rings. The van der Waals surface area contributed by atoms with E-state index in [0.717, 1.165) is 14.6 Å². The zero-order valence-corrected chi connectivity index (χ0v) is 21.0. The van der Waals surface area contributed by atoms with Gasteiger partial charge in [0.1, 0.15) is 12.4 Å². The molecule has 2 amide bonds. The van der Waals surface area contributed by atoms with Crippen LogP contribution in [0.2, 0.25) is 5.02 Å². The lowest BCUT2D eigenvalue weighted by Gasteiger charge is -2.07. The predicted molar refractivity (Wildman–Crippen MR) is 141 cm³/mol. The number of amides is 2. The van der Waals surface area contributed by atoms with Crippen LogP contribution >= 0.6 is 34.7 Å². The van der Waals surface area contributed by atoms with Gasteiger partial charge < -0.3 is 15.4 Å². The van der Waals surface area contributed by atoms with Gasteiger partial charge >= 0.3 is 0 Å². The number of nitrogens with one attached hydrogen (secondary N) is 2. The number of fused-ring (bicyclic) bond motifs is 1. The van der Waals surface area contributed by atoms with E-state index in [1.807, 2.05) is 0 Å². The minimum atomic E-state index is -0.518. The molecule has 12 heteroatoms. The lowest BCUT2D eigenvalue weighted by Crippen LogP contribution is -2.29. The number of anilines is 1. The number of rotatable bonds is 10. The Labute approximate surface area is 219 Å². The first-order valence-electron chi connectivity index (χ1n) is 10.6. The number of nitro benzene ring substituents is 1. The van der Waals surface area contributed by atoms with E-state index in [2.05, 4.69) is 15.6 Å². The zero-order chi connectivity index (χ0) is 25.5. The van der Waals surface area contributed by atoms with Crippen LogP contribution in [0.25, 0.3) is 10.2 Å². The molecule has 0 bridgehead atoms. The normalized spacial score (nSPS) is 10.7. The minimum absolute atomic E-state index is 0.0809. The molecule has 1 heterocycles. The highest BCUT2D eigenvalue weighted by molar-refractivity contribution is 8.01. The number of nitrogens with zero attached hydrogens (tertiary/aromatic N) is 2. The molecule has 4 rings (SSSR count). The summed E-state index contributed by atoms with van der Waals surface area (Å²) < 4.78 is 7.14. The Morgan fingerprint density at radius 2 is 1.83 bits per heavy atom. The van der Waals surface area contributed by atoms with Crippen molar-refractivity contribution in [2.24, 2.45) is 0 Å². The minimum Gasteiger partial charge on any atom is -0.492 e. The molecular formula is C24H19ClN4O5S2. The van der Waals surface area contributed by atoms with Gasteiger partial charge in [-0.15, -0.1) is 11.3 Å². The highest BCUT2D eigenvalue weighted by atomic mass is 35.5. The molecule has 0 unspecified atom stereocenters. The Balaban J connectivity index is 1.25. The fourth-order valence-corrected chi connectivity index (χ4v) is 5.11. The number of carbonyl (C=O) groups excluding carboxylic acids is 2. The van der Waals surface area contributed by atoms with E-state index in [0.29, 0.717) is 35.2 Å².